The Morgan fingerprint density at radius 2 is 2.05 bits per heavy atom. The van der Waals surface area contributed by atoms with Gasteiger partial charge in [0.05, 0.1) is 13.0 Å². The zero-order chi connectivity index (χ0) is 14.8. The van der Waals surface area contributed by atoms with E-state index < -0.39 is 0 Å². The van der Waals surface area contributed by atoms with Crippen LogP contribution in [0.25, 0.3) is 0 Å². The van der Waals surface area contributed by atoms with E-state index in [4.69, 9.17) is 4.74 Å². The van der Waals surface area contributed by atoms with Crippen LogP contribution in [0.5, 0.6) is 0 Å². The predicted octanol–water partition coefficient (Wildman–Crippen LogP) is 4.51. The van der Waals surface area contributed by atoms with Crippen molar-refractivity contribution in [1.29, 1.82) is 0 Å². The third kappa shape index (κ3) is 2.77. The molecule has 0 saturated carbocycles. The van der Waals surface area contributed by atoms with Crippen LogP contribution in [-0.2, 0) is 9.53 Å². The summed E-state index contributed by atoms with van der Waals surface area (Å²) in [6.45, 7) is 17.3. The first kappa shape index (κ1) is 16.0. The number of carbonyl (C=O) groups excluding carboxylic acids is 1. The highest BCUT2D eigenvalue weighted by atomic mass is 16.5. The number of esters is 1. The van der Waals surface area contributed by atoms with Crippen molar-refractivity contribution in [2.75, 3.05) is 6.61 Å². The van der Waals surface area contributed by atoms with Gasteiger partial charge < -0.3 is 4.74 Å². The third-order valence-electron chi connectivity index (χ3n) is 5.22. The van der Waals surface area contributed by atoms with E-state index in [1.54, 1.807) is 0 Å². The van der Waals surface area contributed by atoms with Crippen molar-refractivity contribution in [3.63, 3.8) is 0 Å². The second-order valence-electron chi connectivity index (χ2n) is 6.56. The van der Waals surface area contributed by atoms with Gasteiger partial charge in [-0.15, -0.1) is 0 Å². The van der Waals surface area contributed by atoms with Crippen LogP contribution in [0.1, 0.15) is 54.4 Å². The molecule has 0 unspecified atom stereocenters. The molecular formula is C17H28O2. The lowest BCUT2D eigenvalue weighted by Gasteiger charge is -2.52. The highest BCUT2D eigenvalue weighted by molar-refractivity contribution is 5.71. The molecule has 108 valence electrons. The zero-order valence-electron chi connectivity index (χ0n) is 13.3. The van der Waals surface area contributed by atoms with Crippen LogP contribution in [-0.4, -0.2) is 12.6 Å². The van der Waals surface area contributed by atoms with Crippen molar-refractivity contribution in [3.8, 4) is 0 Å². The van der Waals surface area contributed by atoms with E-state index in [-0.39, 0.29) is 16.8 Å². The second-order valence-corrected chi connectivity index (χ2v) is 6.56. The molecule has 1 rings (SSSR count). The van der Waals surface area contributed by atoms with Gasteiger partial charge in [-0.2, -0.15) is 0 Å². The third-order valence-corrected chi connectivity index (χ3v) is 5.22. The Morgan fingerprint density at radius 1 is 1.47 bits per heavy atom. The van der Waals surface area contributed by atoms with Gasteiger partial charge in [0.1, 0.15) is 0 Å². The first-order chi connectivity index (χ1) is 8.66. The molecule has 0 N–H and O–H groups in total. The number of hydrogen-bond donors (Lipinski definition) is 0. The maximum absolute atomic E-state index is 12.0. The van der Waals surface area contributed by atoms with Gasteiger partial charge >= 0.3 is 5.97 Å². The maximum Gasteiger partial charge on any atom is 0.306 e. The van der Waals surface area contributed by atoms with Crippen molar-refractivity contribution in [3.05, 3.63) is 23.8 Å². The molecule has 2 atom stereocenters. The van der Waals surface area contributed by atoms with E-state index in [0.717, 1.165) is 6.42 Å². The standard InChI is InChI=1S/C17H28O2/c1-8-19-15(18)11-17(7)13(4)9-10-14(12(2)3)16(17,5)6/h9,14H,2,8,10-11H2,1,3-7H3/t14-,17-/m0/s1. The fourth-order valence-electron chi connectivity index (χ4n) is 3.39. The number of ether oxygens (including phenoxy) is 1. The molecule has 0 radical (unpaired) electrons. The molecule has 0 aromatic heterocycles. The van der Waals surface area contributed by atoms with Crippen LogP contribution in [0.4, 0.5) is 0 Å². The topological polar surface area (TPSA) is 26.3 Å². The van der Waals surface area contributed by atoms with Gasteiger partial charge in [0, 0.05) is 5.41 Å². The molecule has 0 bridgehead atoms. The van der Waals surface area contributed by atoms with E-state index in [2.05, 4.69) is 47.3 Å². The summed E-state index contributed by atoms with van der Waals surface area (Å²) in [6.07, 6.45) is 3.73. The maximum atomic E-state index is 12.0. The van der Waals surface area contributed by atoms with Gasteiger partial charge in [0.15, 0.2) is 0 Å². The average molecular weight is 264 g/mol. The minimum atomic E-state index is -0.166. The zero-order valence-corrected chi connectivity index (χ0v) is 13.3. The lowest BCUT2D eigenvalue weighted by atomic mass is 9.51. The van der Waals surface area contributed by atoms with Gasteiger partial charge in [-0.1, -0.05) is 44.6 Å². The summed E-state index contributed by atoms with van der Waals surface area (Å²) in [4.78, 5) is 12.0. The van der Waals surface area contributed by atoms with Crippen molar-refractivity contribution in [1.82, 2.24) is 0 Å². The molecule has 0 fully saturated rings. The Morgan fingerprint density at radius 3 is 2.53 bits per heavy atom. The lowest BCUT2D eigenvalue weighted by Crippen LogP contribution is -2.46. The highest BCUT2D eigenvalue weighted by Gasteiger charge is 2.50. The van der Waals surface area contributed by atoms with Crippen LogP contribution in [0.2, 0.25) is 0 Å². The van der Waals surface area contributed by atoms with Crippen LogP contribution in [0.15, 0.2) is 23.8 Å². The first-order valence-corrected chi connectivity index (χ1v) is 7.15. The molecule has 0 heterocycles. The monoisotopic (exact) mass is 264 g/mol. The van der Waals surface area contributed by atoms with E-state index in [1.807, 2.05) is 6.92 Å². The SMILES string of the molecule is C=C(C)[C@@H]1CC=C(C)[C@](C)(CC(=O)OCC)C1(C)C. The van der Waals surface area contributed by atoms with Crippen molar-refractivity contribution >= 4 is 5.97 Å². The molecule has 1 aliphatic rings. The Bertz CT molecular complexity index is 403. The van der Waals surface area contributed by atoms with Gasteiger partial charge in [-0.3, -0.25) is 4.79 Å². The Balaban J connectivity index is 3.13. The van der Waals surface area contributed by atoms with E-state index in [9.17, 15) is 4.79 Å². The Labute approximate surface area is 117 Å². The fourth-order valence-corrected chi connectivity index (χ4v) is 3.39. The van der Waals surface area contributed by atoms with Crippen LogP contribution >= 0.6 is 0 Å². The van der Waals surface area contributed by atoms with Crippen molar-refractivity contribution < 1.29 is 9.53 Å². The molecule has 2 nitrogen and oxygen atoms in total. The quantitative estimate of drug-likeness (QED) is 0.551. The molecule has 1 aliphatic carbocycles. The summed E-state index contributed by atoms with van der Waals surface area (Å²) >= 11 is 0. The van der Waals surface area contributed by atoms with E-state index >= 15 is 0 Å². The Kier molecular flexibility index (Phi) is 4.65. The summed E-state index contributed by atoms with van der Waals surface area (Å²) in [7, 11) is 0. The van der Waals surface area contributed by atoms with Gasteiger partial charge in [-0.25, -0.2) is 0 Å². The van der Waals surface area contributed by atoms with Gasteiger partial charge in [0.25, 0.3) is 0 Å². The minimum absolute atomic E-state index is 0.00439. The molecule has 0 spiro atoms. The number of hydrogen-bond acceptors (Lipinski definition) is 2. The number of carbonyl (C=O) groups is 1. The van der Waals surface area contributed by atoms with Crippen LogP contribution < -0.4 is 0 Å². The van der Waals surface area contributed by atoms with E-state index in [1.165, 1.54) is 11.1 Å². The molecule has 2 heteroatoms. The minimum Gasteiger partial charge on any atom is -0.466 e. The molecular weight excluding hydrogens is 236 g/mol. The summed E-state index contributed by atoms with van der Waals surface area (Å²) in [5.41, 5.74) is 2.33. The fraction of sp³-hybridized carbons (Fsp3) is 0.706. The van der Waals surface area contributed by atoms with Crippen LogP contribution in [0, 0.1) is 16.7 Å². The van der Waals surface area contributed by atoms with Crippen molar-refractivity contribution in [2.45, 2.75) is 54.4 Å². The molecule has 19 heavy (non-hydrogen) atoms. The highest BCUT2D eigenvalue weighted by Crippen LogP contribution is 2.57. The molecule has 0 aromatic carbocycles. The normalized spacial score (nSPS) is 29.6. The second kappa shape index (κ2) is 5.52. The van der Waals surface area contributed by atoms with Crippen LogP contribution in [0.3, 0.4) is 0 Å². The Hall–Kier alpha value is -1.05. The van der Waals surface area contributed by atoms with Crippen molar-refractivity contribution in [2.24, 2.45) is 16.7 Å². The molecule has 0 aliphatic heterocycles. The number of rotatable bonds is 4. The summed E-state index contributed by atoms with van der Waals surface area (Å²) in [5, 5.41) is 0. The van der Waals surface area contributed by atoms with Gasteiger partial charge in [0.2, 0.25) is 0 Å². The van der Waals surface area contributed by atoms with Gasteiger partial charge in [-0.05, 0) is 38.5 Å². The summed E-state index contributed by atoms with van der Waals surface area (Å²) in [5.74, 6) is 0.309. The molecule has 0 aromatic rings. The molecule has 0 amide bonds. The summed E-state index contributed by atoms with van der Waals surface area (Å²) < 4.78 is 5.16. The summed E-state index contributed by atoms with van der Waals surface area (Å²) in [6, 6.07) is 0. The lowest BCUT2D eigenvalue weighted by molar-refractivity contribution is -0.147. The molecule has 0 saturated heterocycles. The van der Waals surface area contributed by atoms with E-state index in [0.29, 0.717) is 18.9 Å². The predicted molar refractivity (Wildman–Crippen MR) is 79.8 cm³/mol. The smallest absolute Gasteiger partial charge is 0.306 e. The first-order valence-electron chi connectivity index (χ1n) is 7.15. The largest absolute Gasteiger partial charge is 0.466 e. The number of allylic oxidation sites excluding steroid dienone is 3. The average Bonchev–Trinajstić information content (AvgIpc) is 2.26.